The molecule has 106 valence electrons. The van der Waals surface area contributed by atoms with Gasteiger partial charge in [-0.25, -0.2) is 0 Å². The number of fused-ring (bicyclic) bond motifs is 1. The van der Waals surface area contributed by atoms with Crippen LogP contribution in [0.2, 0.25) is 0 Å². The van der Waals surface area contributed by atoms with Crippen LogP contribution >= 0.6 is 0 Å². The molecule has 0 aliphatic heterocycles. The van der Waals surface area contributed by atoms with E-state index in [0.717, 1.165) is 6.42 Å². The first-order valence-electron chi connectivity index (χ1n) is 6.81. The van der Waals surface area contributed by atoms with E-state index in [1.807, 2.05) is 6.07 Å². The quantitative estimate of drug-likeness (QED) is 0.868. The van der Waals surface area contributed by atoms with Crippen LogP contribution in [-0.2, 0) is 0 Å². The lowest BCUT2D eigenvalue weighted by atomic mass is 10.0. The second kappa shape index (κ2) is 6.43. The van der Waals surface area contributed by atoms with Crippen LogP contribution in [0.15, 0.2) is 30.6 Å². The normalized spacial score (nSPS) is 12.6. The van der Waals surface area contributed by atoms with Gasteiger partial charge in [-0.15, -0.1) is 0 Å². The molecule has 0 saturated carbocycles. The van der Waals surface area contributed by atoms with Crippen molar-refractivity contribution in [1.82, 2.24) is 15.3 Å². The molecule has 20 heavy (non-hydrogen) atoms. The predicted octanol–water partition coefficient (Wildman–Crippen LogP) is 1.73. The monoisotopic (exact) mass is 272 g/mol. The topological polar surface area (TPSA) is 80.9 Å². The number of hydrogen-bond acceptors (Lipinski definition) is 4. The van der Waals surface area contributed by atoms with Crippen LogP contribution in [-0.4, -0.2) is 28.5 Å². The van der Waals surface area contributed by atoms with E-state index >= 15 is 0 Å². The first kappa shape index (κ1) is 14.4. The Morgan fingerprint density at radius 3 is 2.80 bits per heavy atom. The molecule has 0 aliphatic carbocycles. The maximum atomic E-state index is 12.2. The minimum atomic E-state index is -0.157. The van der Waals surface area contributed by atoms with Crippen molar-refractivity contribution in [3.05, 3.63) is 36.2 Å². The lowest BCUT2D eigenvalue weighted by molar-refractivity contribution is 0.0951. The van der Waals surface area contributed by atoms with Gasteiger partial charge in [-0.2, -0.15) is 0 Å². The summed E-state index contributed by atoms with van der Waals surface area (Å²) in [6.45, 7) is 4.69. The van der Waals surface area contributed by atoms with Crippen LogP contribution in [0.3, 0.4) is 0 Å². The summed E-state index contributed by atoms with van der Waals surface area (Å²) in [4.78, 5) is 20.6. The molecular weight excluding hydrogens is 252 g/mol. The number of nitrogens with one attached hydrogen (secondary N) is 1. The number of nitrogens with two attached hydrogens (primary N) is 1. The average Bonchev–Trinajstić information content (AvgIpc) is 2.43. The largest absolute Gasteiger partial charge is 0.350 e. The van der Waals surface area contributed by atoms with Crippen molar-refractivity contribution in [2.45, 2.75) is 26.3 Å². The van der Waals surface area contributed by atoms with Crippen LogP contribution in [0.5, 0.6) is 0 Å². The fourth-order valence-corrected chi connectivity index (χ4v) is 2.18. The Morgan fingerprint density at radius 1 is 1.30 bits per heavy atom. The zero-order chi connectivity index (χ0) is 14.5. The Balaban J connectivity index is 2.08. The van der Waals surface area contributed by atoms with Gasteiger partial charge in [0.15, 0.2) is 0 Å². The molecular formula is C15H20N4O. The Morgan fingerprint density at radius 2 is 2.05 bits per heavy atom. The van der Waals surface area contributed by atoms with E-state index in [-0.39, 0.29) is 11.9 Å². The van der Waals surface area contributed by atoms with E-state index in [9.17, 15) is 4.79 Å². The number of rotatable bonds is 5. The van der Waals surface area contributed by atoms with Crippen LogP contribution in [0.4, 0.5) is 0 Å². The highest BCUT2D eigenvalue weighted by Gasteiger charge is 2.13. The standard InChI is InChI=1S/C15H20N4O/c1-10(2)8-11(16)9-19-15(20)12-4-3-5-13-14(12)18-7-6-17-13/h3-7,10-11H,8-9,16H2,1-2H3,(H,19,20). The molecule has 1 atom stereocenters. The van der Waals surface area contributed by atoms with E-state index in [2.05, 4.69) is 29.1 Å². The average molecular weight is 272 g/mol. The minimum absolute atomic E-state index is 0.0278. The molecule has 1 aromatic carbocycles. The molecule has 0 radical (unpaired) electrons. The summed E-state index contributed by atoms with van der Waals surface area (Å²) in [6.07, 6.45) is 4.09. The third-order valence-electron chi connectivity index (χ3n) is 3.04. The predicted molar refractivity (Wildman–Crippen MR) is 79.3 cm³/mol. The molecule has 0 bridgehead atoms. The number of hydrogen-bond donors (Lipinski definition) is 2. The van der Waals surface area contributed by atoms with Crippen molar-refractivity contribution in [3.8, 4) is 0 Å². The van der Waals surface area contributed by atoms with Gasteiger partial charge >= 0.3 is 0 Å². The molecule has 0 saturated heterocycles. The number of benzene rings is 1. The smallest absolute Gasteiger partial charge is 0.253 e. The van der Waals surface area contributed by atoms with Crippen molar-refractivity contribution in [3.63, 3.8) is 0 Å². The summed E-state index contributed by atoms with van der Waals surface area (Å²) in [5, 5.41) is 2.86. The minimum Gasteiger partial charge on any atom is -0.350 e. The Bertz CT molecular complexity index is 592. The van der Waals surface area contributed by atoms with Gasteiger partial charge < -0.3 is 11.1 Å². The van der Waals surface area contributed by atoms with Crippen molar-refractivity contribution in [2.75, 3.05) is 6.54 Å². The Labute approximate surface area is 118 Å². The molecule has 2 aromatic rings. The zero-order valence-electron chi connectivity index (χ0n) is 11.8. The summed E-state index contributed by atoms with van der Waals surface area (Å²) < 4.78 is 0. The fraction of sp³-hybridized carbons (Fsp3) is 0.400. The molecule has 1 unspecified atom stereocenters. The number of nitrogens with zero attached hydrogens (tertiary/aromatic N) is 2. The zero-order valence-corrected chi connectivity index (χ0v) is 11.8. The van der Waals surface area contributed by atoms with Crippen molar-refractivity contribution >= 4 is 16.9 Å². The van der Waals surface area contributed by atoms with Gasteiger partial charge in [-0.3, -0.25) is 14.8 Å². The van der Waals surface area contributed by atoms with E-state index in [0.29, 0.717) is 29.1 Å². The van der Waals surface area contributed by atoms with Crippen molar-refractivity contribution in [2.24, 2.45) is 11.7 Å². The molecule has 1 aromatic heterocycles. The van der Waals surface area contributed by atoms with Gasteiger partial charge in [0.1, 0.15) is 5.52 Å². The SMILES string of the molecule is CC(C)CC(N)CNC(=O)c1cccc2nccnc12. The molecule has 0 fully saturated rings. The molecule has 1 amide bonds. The molecule has 1 heterocycles. The van der Waals surface area contributed by atoms with Crippen LogP contribution in [0, 0.1) is 5.92 Å². The number of aromatic nitrogens is 2. The van der Waals surface area contributed by atoms with Gasteiger partial charge in [0.25, 0.3) is 5.91 Å². The van der Waals surface area contributed by atoms with Crippen molar-refractivity contribution < 1.29 is 4.79 Å². The summed E-state index contributed by atoms with van der Waals surface area (Å²) in [5.41, 5.74) is 7.84. The summed E-state index contributed by atoms with van der Waals surface area (Å²) in [6, 6.07) is 5.36. The number of para-hydroxylation sites is 1. The summed E-state index contributed by atoms with van der Waals surface area (Å²) in [5.74, 6) is 0.362. The van der Waals surface area contributed by atoms with Gasteiger partial charge in [0.2, 0.25) is 0 Å². The van der Waals surface area contributed by atoms with Gasteiger partial charge in [-0.1, -0.05) is 19.9 Å². The molecule has 0 aliphatic rings. The Hall–Kier alpha value is -2.01. The highest BCUT2D eigenvalue weighted by atomic mass is 16.1. The van der Waals surface area contributed by atoms with Gasteiger partial charge in [0, 0.05) is 25.0 Å². The lowest BCUT2D eigenvalue weighted by Gasteiger charge is -2.15. The highest BCUT2D eigenvalue weighted by molar-refractivity contribution is 6.04. The fourth-order valence-electron chi connectivity index (χ4n) is 2.18. The number of carbonyl (C=O) groups excluding carboxylic acids is 1. The van der Waals surface area contributed by atoms with E-state index in [4.69, 9.17) is 5.73 Å². The van der Waals surface area contributed by atoms with E-state index in [1.54, 1.807) is 24.5 Å². The summed E-state index contributed by atoms with van der Waals surface area (Å²) in [7, 11) is 0. The van der Waals surface area contributed by atoms with Crippen LogP contribution < -0.4 is 11.1 Å². The second-order valence-corrected chi connectivity index (χ2v) is 5.33. The maximum absolute atomic E-state index is 12.2. The Kier molecular flexibility index (Phi) is 4.63. The highest BCUT2D eigenvalue weighted by Crippen LogP contribution is 2.13. The van der Waals surface area contributed by atoms with Crippen LogP contribution in [0.1, 0.15) is 30.6 Å². The molecule has 5 heteroatoms. The molecule has 3 N–H and O–H groups in total. The van der Waals surface area contributed by atoms with Crippen LogP contribution in [0.25, 0.3) is 11.0 Å². The molecule has 2 rings (SSSR count). The first-order chi connectivity index (χ1) is 9.58. The third kappa shape index (κ3) is 3.51. The lowest BCUT2D eigenvalue weighted by Crippen LogP contribution is -2.38. The second-order valence-electron chi connectivity index (χ2n) is 5.33. The summed E-state index contributed by atoms with van der Waals surface area (Å²) >= 11 is 0. The third-order valence-corrected chi connectivity index (χ3v) is 3.04. The maximum Gasteiger partial charge on any atom is 0.253 e. The number of amides is 1. The van der Waals surface area contributed by atoms with E-state index < -0.39 is 0 Å². The number of carbonyl (C=O) groups is 1. The molecule has 0 spiro atoms. The van der Waals surface area contributed by atoms with Gasteiger partial charge in [-0.05, 0) is 24.5 Å². The van der Waals surface area contributed by atoms with Gasteiger partial charge in [0.05, 0.1) is 11.1 Å². The molecule has 5 nitrogen and oxygen atoms in total. The first-order valence-corrected chi connectivity index (χ1v) is 6.81. The van der Waals surface area contributed by atoms with Crippen molar-refractivity contribution in [1.29, 1.82) is 0 Å². The van der Waals surface area contributed by atoms with E-state index in [1.165, 1.54) is 0 Å².